The summed E-state index contributed by atoms with van der Waals surface area (Å²) in [4.78, 5) is 5.04. The number of fused-ring (bicyclic) bond motifs is 1. The molecule has 0 saturated carbocycles. The summed E-state index contributed by atoms with van der Waals surface area (Å²) in [6, 6.07) is 63.3. The first-order valence-electron chi connectivity index (χ1n) is 20.4. The third kappa shape index (κ3) is 4.77. The summed E-state index contributed by atoms with van der Waals surface area (Å²) in [5.41, 5.74) is 20.3. The summed E-state index contributed by atoms with van der Waals surface area (Å²) in [5.74, 6) is 0. The maximum absolute atomic E-state index is 2.67. The van der Waals surface area contributed by atoms with Gasteiger partial charge in [-0.1, -0.05) is 151 Å². The fraction of sp³-hybridized carbons (Fsp3) is 0.164. The molecule has 2 heteroatoms. The topological polar surface area (TPSA) is 6.48 Å². The molecule has 0 amide bonds. The van der Waals surface area contributed by atoms with Crippen LogP contribution in [-0.2, 0) is 16.2 Å². The Kier molecular flexibility index (Phi) is 7.03. The smallest absolute Gasteiger partial charge is 0.0544 e. The van der Waals surface area contributed by atoms with E-state index in [9.17, 15) is 0 Å². The second-order valence-corrected chi connectivity index (χ2v) is 17.9. The third-order valence-corrected chi connectivity index (χ3v) is 13.5. The van der Waals surface area contributed by atoms with Gasteiger partial charge in [-0.25, -0.2) is 0 Å². The first-order valence-corrected chi connectivity index (χ1v) is 20.4. The van der Waals surface area contributed by atoms with E-state index < -0.39 is 0 Å². The van der Waals surface area contributed by atoms with Gasteiger partial charge in [-0.05, 0) is 127 Å². The van der Waals surface area contributed by atoms with Crippen LogP contribution in [0.5, 0.6) is 0 Å². The van der Waals surface area contributed by atoms with Gasteiger partial charge >= 0.3 is 0 Å². The lowest BCUT2D eigenvalue weighted by Crippen LogP contribution is -2.43. The van der Waals surface area contributed by atoms with Gasteiger partial charge in [-0.15, -0.1) is 0 Å². The normalized spacial score (nSPS) is 15.9. The van der Waals surface area contributed by atoms with Crippen LogP contribution < -0.4 is 9.80 Å². The molecular formula is C55H46N2. The van der Waals surface area contributed by atoms with Crippen molar-refractivity contribution >= 4 is 44.9 Å². The minimum absolute atomic E-state index is 0.167. The van der Waals surface area contributed by atoms with Crippen LogP contribution in [0, 0.1) is 0 Å². The van der Waals surface area contributed by atoms with Crippen molar-refractivity contribution in [3.05, 3.63) is 203 Å². The molecule has 11 rings (SSSR count). The summed E-state index contributed by atoms with van der Waals surface area (Å²) in [7, 11) is 0. The Balaban J connectivity index is 1.10. The summed E-state index contributed by atoms with van der Waals surface area (Å²) in [6.45, 7) is 14.6. The number of anilines is 6. The van der Waals surface area contributed by atoms with Crippen molar-refractivity contribution in [2.24, 2.45) is 0 Å². The van der Waals surface area contributed by atoms with Gasteiger partial charge < -0.3 is 9.80 Å². The van der Waals surface area contributed by atoms with Crippen LogP contribution in [0.15, 0.2) is 170 Å². The number of para-hydroxylation sites is 2. The van der Waals surface area contributed by atoms with E-state index >= 15 is 0 Å². The monoisotopic (exact) mass is 734 g/mol. The van der Waals surface area contributed by atoms with Crippen LogP contribution in [0.3, 0.4) is 0 Å². The predicted molar refractivity (Wildman–Crippen MR) is 241 cm³/mol. The zero-order chi connectivity index (χ0) is 38.8. The molecule has 0 atom stereocenters. The molecule has 8 aromatic carbocycles. The molecule has 3 aliphatic rings. The molecule has 276 valence electrons. The third-order valence-electron chi connectivity index (χ3n) is 13.5. The summed E-state index contributed by atoms with van der Waals surface area (Å²) >= 11 is 0. The second kappa shape index (κ2) is 11.8. The molecule has 3 heterocycles. The van der Waals surface area contributed by atoms with Gasteiger partial charge in [0.1, 0.15) is 0 Å². The number of rotatable bonds is 5. The lowest BCUT2D eigenvalue weighted by atomic mass is 9.60. The highest BCUT2D eigenvalue weighted by atomic mass is 15.2. The Morgan fingerprint density at radius 1 is 0.316 bits per heavy atom. The van der Waals surface area contributed by atoms with Gasteiger partial charge in [0.2, 0.25) is 0 Å². The molecule has 0 fully saturated rings. The van der Waals surface area contributed by atoms with Crippen molar-refractivity contribution in [2.45, 2.75) is 57.8 Å². The van der Waals surface area contributed by atoms with E-state index in [1.807, 2.05) is 0 Å². The Labute approximate surface area is 336 Å². The molecule has 57 heavy (non-hydrogen) atoms. The van der Waals surface area contributed by atoms with Crippen molar-refractivity contribution in [2.75, 3.05) is 9.80 Å². The fourth-order valence-corrected chi connectivity index (χ4v) is 10.3. The van der Waals surface area contributed by atoms with Gasteiger partial charge in [-0.3, -0.25) is 0 Å². The number of benzene rings is 8. The number of nitrogens with zero attached hydrogens (tertiary/aromatic N) is 2. The predicted octanol–water partition coefficient (Wildman–Crippen LogP) is 15.0. The molecule has 0 spiro atoms. The lowest BCUT2D eigenvalue weighted by Gasteiger charge is -2.55. The number of hydrogen-bond donors (Lipinski definition) is 0. The highest BCUT2D eigenvalue weighted by molar-refractivity contribution is 6.00. The van der Waals surface area contributed by atoms with Crippen LogP contribution >= 0.6 is 0 Å². The van der Waals surface area contributed by atoms with Crippen LogP contribution in [0.1, 0.15) is 74.9 Å². The zero-order valence-electron chi connectivity index (χ0n) is 33.6. The maximum Gasteiger partial charge on any atom is 0.0544 e. The van der Waals surface area contributed by atoms with Gasteiger partial charge in [0.25, 0.3) is 0 Å². The summed E-state index contributed by atoms with van der Waals surface area (Å²) in [5, 5.41) is 2.48. The largest absolute Gasteiger partial charge is 0.310 e. The highest BCUT2D eigenvalue weighted by Gasteiger charge is 2.52. The first-order chi connectivity index (χ1) is 27.5. The quantitative estimate of drug-likeness (QED) is 0.174. The molecule has 0 unspecified atom stereocenters. The van der Waals surface area contributed by atoms with Crippen molar-refractivity contribution in [3.8, 4) is 22.3 Å². The van der Waals surface area contributed by atoms with Gasteiger partial charge in [0, 0.05) is 33.3 Å². The SMILES string of the molecule is CC1(C)c2cccc3c2N2c4c1cc(-c1ccccc1)cc4C(C)(C)c1cc(-c4ccc(N(c5ccccc5)c5ccc6ccccc6c5)cc4)cc(c12)C3(C)C. The van der Waals surface area contributed by atoms with E-state index in [0.717, 1.165) is 17.1 Å². The molecule has 0 radical (unpaired) electrons. The molecule has 0 aliphatic carbocycles. The second-order valence-electron chi connectivity index (χ2n) is 17.9. The van der Waals surface area contributed by atoms with Crippen molar-refractivity contribution in [3.63, 3.8) is 0 Å². The number of hydrogen-bond acceptors (Lipinski definition) is 2. The molecule has 8 aromatic rings. The van der Waals surface area contributed by atoms with E-state index in [-0.39, 0.29) is 16.2 Å². The minimum atomic E-state index is -0.248. The maximum atomic E-state index is 2.67. The minimum Gasteiger partial charge on any atom is -0.310 e. The van der Waals surface area contributed by atoms with E-state index in [1.54, 1.807) is 0 Å². The van der Waals surface area contributed by atoms with Crippen molar-refractivity contribution < 1.29 is 0 Å². The summed E-state index contributed by atoms with van der Waals surface area (Å²) in [6.07, 6.45) is 0. The van der Waals surface area contributed by atoms with Crippen LogP contribution in [0.2, 0.25) is 0 Å². The Morgan fingerprint density at radius 3 is 1.30 bits per heavy atom. The Morgan fingerprint density at radius 2 is 0.737 bits per heavy atom. The van der Waals surface area contributed by atoms with Crippen LogP contribution in [0.25, 0.3) is 33.0 Å². The van der Waals surface area contributed by atoms with E-state index in [4.69, 9.17) is 0 Å². The average molecular weight is 735 g/mol. The van der Waals surface area contributed by atoms with Gasteiger partial charge in [0.15, 0.2) is 0 Å². The van der Waals surface area contributed by atoms with E-state index in [0.29, 0.717) is 0 Å². The zero-order valence-corrected chi connectivity index (χ0v) is 33.6. The van der Waals surface area contributed by atoms with E-state index in [2.05, 4.69) is 221 Å². The first kappa shape index (κ1) is 33.9. The highest BCUT2D eigenvalue weighted by Crippen LogP contribution is 2.66. The van der Waals surface area contributed by atoms with E-state index in [1.165, 1.54) is 83.5 Å². The van der Waals surface area contributed by atoms with Gasteiger partial charge in [0.05, 0.1) is 17.1 Å². The molecule has 0 N–H and O–H groups in total. The fourth-order valence-electron chi connectivity index (χ4n) is 10.3. The Bertz CT molecular complexity index is 2920. The van der Waals surface area contributed by atoms with Crippen LogP contribution in [-0.4, -0.2) is 0 Å². The molecule has 0 saturated heterocycles. The Hall–Kier alpha value is -6.38. The van der Waals surface area contributed by atoms with Crippen molar-refractivity contribution in [1.29, 1.82) is 0 Å². The lowest BCUT2D eigenvalue weighted by molar-refractivity contribution is 0.567. The van der Waals surface area contributed by atoms with Crippen LogP contribution in [0.4, 0.5) is 34.1 Å². The van der Waals surface area contributed by atoms with Crippen molar-refractivity contribution in [1.82, 2.24) is 0 Å². The average Bonchev–Trinajstić information content (AvgIpc) is 3.23. The standard InChI is InChI=1S/C55H46N2/c1-53(2)44-22-15-23-45-50(44)57-51-46(53)31-39(35-16-9-7-10-17-35)32-48(51)55(5,6)49-34-40(33-47(52(49)57)54(45,3)4)37-24-27-42(28-25-37)56(41-20-11-8-12-21-41)43-29-26-36-18-13-14-19-38(36)30-43/h7-34H,1-6H3. The molecular weight excluding hydrogens is 689 g/mol. The summed E-state index contributed by atoms with van der Waals surface area (Å²) < 4.78 is 0. The molecule has 3 aliphatic heterocycles. The molecule has 0 bridgehead atoms. The van der Waals surface area contributed by atoms with Gasteiger partial charge in [-0.2, -0.15) is 0 Å². The molecule has 2 nitrogen and oxygen atoms in total. The molecule has 0 aromatic heterocycles.